The van der Waals surface area contributed by atoms with E-state index in [9.17, 15) is 4.79 Å². The fraction of sp³-hybridized carbons (Fsp3) is 0.737. The number of rotatable bonds is 4. The molecule has 3 aliphatic rings. The van der Waals surface area contributed by atoms with Crippen LogP contribution >= 0.6 is 0 Å². The molecule has 142 valence electrons. The quantitative estimate of drug-likeness (QED) is 0.886. The third kappa shape index (κ3) is 3.49. The Hall–Kier alpha value is -1.89. The molecule has 0 unspecified atom stereocenters. The van der Waals surface area contributed by atoms with Crippen molar-refractivity contribution in [3.63, 3.8) is 0 Å². The highest BCUT2D eigenvalue weighted by atomic mass is 16.5. The molecule has 1 aromatic heterocycles. The van der Waals surface area contributed by atoms with Crippen molar-refractivity contribution in [3.05, 3.63) is 11.3 Å². The van der Waals surface area contributed by atoms with Crippen LogP contribution in [0.1, 0.15) is 50.8 Å². The van der Waals surface area contributed by atoms with Crippen LogP contribution in [0.15, 0.2) is 0 Å². The first-order valence-corrected chi connectivity index (χ1v) is 9.93. The lowest BCUT2D eigenvalue weighted by atomic mass is 10.0. The second kappa shape index (κ2) is 7.39. The van der Waals surface area contributed by atoms with Crippen LogP contribution < -0.4 is 10.2 Å². The molecule has 4 rings (SSSR count). The normalized spacial score (nSPS) is 22.8. The number of hydrogen-bond donors (Lipinski definition) is 1. The van der Waals surface area contributed by atoms with Crippen molar-refractivity contribution in [2.75, 3.05) is 36.5 Å². The van der Waals surface area contributed by atoms with Gasteiger partial charge in [-0.15, -0.1) is 0 Å². The van der Waals surface area contributed by atoms with Gasteiger partial charge in [0.05, 0.1) is 12.2 Å². The van der Waals surface area contributed by atoms with Crippen LogP contribution in [0.3, 0.4) is 0 Å². The number of nitrogens with one attached hydrogen (secondary N) is 1. The smallest absolute Gasteiger partial charge is 0.252 e. The number of carbonyl (C=O) groups excluding carboxylic acids is 1. The molecule has 0 aromatic carbocycles. The van der Waals surface area contributed by atoms with Gasteiger partial charge in [0, 0.05) is 44.3 Å². The maximum Gasteiger partial charge on any atom is 0.252 e. The molecule has 26 heavy (non-hydrogen) atoms. The summed E-state index contributed by atoms with van der Waals surface area (Å²) in [7, 11) is 0. The molecule has 1 aromatic rings. The van der Waals surface area contributed by atoms with Gasteiger partial charge in [-0.1, -0.05) is 0 Å². The molecular formula is C19H29N5O2. The summed E-state index contributed by atoms with van der Waals surface area (Å²) in [6.07, 6.45) is 4.74. The van der Waals surface area contributed by atoms with Crippen molar-refractivity contribution in [3.8, 4) is 0 Å². The summed E-state index contributed by atoms with van der Waals surface area (Å²) >= 11 is 0. The van der Waals surface area contributed by atoms with Crippen molar-refractivity contribution >= 4 is 17.7 Å². The predicted octanol–water partition coefficient (Wildman–Crippen LogP) is 1.96. The Morgan fingerprint density at radius 2 is 2.00 bits per heavy atom. The molecule has 7 nitrogen and oxygen atoms in total. The molecule has 0 radical (unpaired) electrons. The van der Waals surface area contributed by atoms with E-state index < -0.39 is 0 Å². The zero-order chi connectivity index (χ0) is 18.1. The van der Waals surface area contributed by atoms with Gasteiger partial charge in [-0.3, -0.25) is 4.79 Å². The molecule has 7 heteroatoms. The molecule has 2 fully saturated rings. The summed E-state index contributed by atoms with van der Waals surface area (Å²) in [6.45, 7) is 8.27. The fourth-order valence-electron chi connectivity index (χ4n) is 4.02. The number of hydrogen-bond acceptors (Lipinski definition) is 6. The molecule has 0 spiro atoms. The molecule has 1 N–H and O–H groups in total. The Morgan fingerprint density at radius 3 is 2.69 bits per heavy atom. The van der Waals surface area contributed by atoms with Crippen molar-refractivity contribution in [2.24, 2.45) is 0 Å². The van der Waals surface area contributed by atoms with E-state index in [1.807, 2.05) is 4.90 Å². The highest BCUT2D eigenvalue weighted by molar-refractivity contribution is 5.81. The molecule has 0 bridgehead atoms. The first kappa shape index (κ1) is 17.5. The number of carbonyl (C=O) groups is 1. The van der Waals surface area contributed by atoms with Gasteiger partial charge in [-0.05, 0) is 39.5 Å². The molecule has 0 aliphatic carbocycles. The predicted molar refractivity (Wildman–Crippen MR) is 100 cm³/mol. The highest BCUT2D eigenvalue weighted by Crippen LogP contribution is 2.29. The lowest BCUT2D eigenvalue weighted by Crippen LogP contribution is -2.42. The third-order valence-corrected chi connectivity index (χ3v) is 5.38. The van der Waals surface area contributed by atoms with E-state index in [1.165, 1.54) is 12.8 Å². The number of fused-ring (bicyclic) bond motifs is 1. The van der Waals surface area contributed by atoms with Crippen LogP contribution in [0.4, 0.5) is 11.8 Å². The zero-order valence-corrected chi connectivity index (χ0v) is 15.8. The minimum absolute atomic E-state index is 0.118. The Balaban J connectivity index is 1.60. The largest absolute Gasteiger partial charge is 0.368 e. The molecule has 4 heterocycles. The van der Waals surface area contributed by atoms with Crippen molar-refractivity contribution < 1.29 is 9.53 Å². The van der Waals surface area contributed by atoms with Gasteiger partial charge < -0.3 is 19.9 Å². The Labute approximate surface area is 155 Å². The Morgan fingerprint density at radius 1 is 1.19 bits per heavy atom. The van der Waals surface area contributed by atoms with Gasteiger partial charge in [0.1, 0.15) is 11.9 Å². The monoisotopic (exact) mass is 359 g/mol. The lowest BCUT2D eigenvalue weighted by molar-refractivity contribution is -0.141. The molecule has 0 saturated carbocycles. The number of aromatic nitrogens is 2. The summed E-state index contributed by atoms with van der Waals surface area (Å²) in [6, 6.07) is 0.282. The first-order chi connectivity index (χ1) is 12.6. The van der Waals surface area contributed by atoms with E-state index in [4.69, 9.17) is 14.7 Å². The Kier molecular flexibility index (Phi) is 4.98. The van der Waals surface area contributed by atoms with Crippen molar-refractivity contribution in [1.82, 2.24) is 14.9 Å². The summed E-state index contributed by atoms with van der Waals surface area (Å²) < 4.78 is 5.59. The third-order valence-electron chi connectivity index (χ3n) is 5.38. The van der Waals surface area contributed by atoms with Crippen LogP contribution in [0.2, 0.25) is 0 Å². The minimum Gasteiger partial charge on any atom is -0.368 e. The molecule has 3 aliphatic heterocycles. The van der Waals surface area contributed by atoms with E-state index in [1.54, 1.807) is 0 Å². The van der Waals surface area contributed by atoms with Crippen molar-refractivity contribution in [1.29, 1.82) is 0 Å². The number of ether oxygens (including phenoxy) is 1. The summed E-state index contributed by atoms with van der Waals surface area (Å²) in [5, 5.41) is 3.48. The lowest BCUT2D eigenvalue weighted by Gasteiger charge is -2.32. The van der Waals surface area contributed by atoms with Crippen LogP contribution in [-0.4, -0.2) is 59.2 Å². The molecule has 1 amide bonds. The Bertz CT molecular complexity index is 666. The maximum absolute atomic E-state index is 12.8. The van der Waals surface area contributed by atoms with Gasteiger partial charge in [0.2, 0.25) is 5.95 Å². The fourth-order valence-corrected chi connectivity index (χ4v) is 4.02. The van der Waals surface area contributed by atoms with Gasteiger partial charge in [0.15, 0.2) is 0 Å². The average Bonchev–Trinajstić information content (AvgIpc) is 3.34. The number of nitrogens with zero attached hydrogens (tertiary/aromatic N) is 4. The van der Waals surface area contributed by atoms with Crippen LogP contribution in [0.5, 0.6) is 0 Å². The number of amides is 1. The summed E-state index contributed by atoms with van der Waals surface area (Å²) in [4.78, 5) is 26.6. The summed E-state index contributed by atoms with van der Waals surface area (Å²) in [5.74, 6) is 1.84. The molecule has 1 atom stereocenters. The van der Waals surface area contributed by atoms with E-state index in [0.29, 0.717) is 19.7 Å². The molecular weight excluding hydrogens is 330 g/mol. The highest BCUT2D eigenvalue weighted by Gasteiger charge is 2.32. The minimum atomic E-state index is -0.261. The first-order valence-electron chi connectivity index (χ1n) is 9.93. The van der Waals surface area contributed by atoms with Crippen molar-refractivity contribution in [2.45, 2.75) is 64.6 Å². The number of anilines is 2. The van der Waals surface area contributed by atoms with Gasteiger partial charge >= 0.3 is 0 Å². The summed E-state index contributed by atoms with van der Waals surface area (Å²) in [5.41, 5.74) is 2.15. The second-order valence-corrected chi connectivity index (χ2v) is 7.80. The van der Waals surface area contributed by atoms with Gasteiger partial charge in [-0.25, -0.2) is 4.98 Å². The molecule has 2 saturated heterocycles. The van der Waals surface area contributed by atoms with Gasteiger partial charge in [0.25, 0.3) is 5.91 Å². The topological polar surface area (TPSA) is 70.6 Å². The van der Waals surface area contributed by atoms with E-state index in [2.05, 4.69) is 24.1 Å². The van der Waals surface area contributed by atoms with Crippen LogP contribution in [-0.2, 0) is 22.5 Å². The second-order valence-electron chi connectivity index (χ2n) is 7.80. The van der Waals surface area contributed by atoms with Crippen LogP contribution in [0.25, 0.3) is 0 Å². The van der Waals surface area contributed by atoms with Gasteiger partial charge in [-0.2, -0.15) is 4.98 Å². The average molecular weight is 359 g/mol. The maximum atomic E-state index is 12.8. The SMILES string of the molecule is CC(C)Nc1nc(N2CCCC2)nc2c1CN(C(=O)[C@H]1CCCO1)CC2. The zero-order valence-electron chi connectivity index (χ0n) is 15.8. The van der Waals surface area contributed by atoms with E-state index in [0.717, 1.165) is 55.4 Å². The van der Waals surface area contributed by atoms with E-state index >= 15 is 0 Å². The standard InChI is InChI=1S/C19H29N5O2/c1-13(2)20-17-14-12-24(18(25)16-6-5-11-26-16)10-7-15(14)21-19(22-17)23-8-3-4-9-23/h13,16H,3-12H2,1-2H3,(H,20,21,22)/t16-/m1/s1. The van der Waals surface area contributed by atoms with E-state index in [-0.39, 0.29) is 18.1 Å². The van der Waals surface area contributed by atoms with Crippen LogP contribution in [0, 0.1) is 0 Å².